The monoisotopic (exact) mass is 487 g/mol. The molecular weight excluding hydrogens is 458 g/mol. The quantitative estimate of drug-likeness (QED) is 0.545. The van der Waals surface area contributed by atoms with Crippen LogP contribution < -0.4 is 19.5 Å². The van der Waals surface area contributed by atoms with Crippen molar-refractivity contribution in [2.45, 2.75) is 42.7 Å². The molecule has 2 fully saturated rings. The molecule has 12 heteroatoms. The van der Waals surface area contributed by atoms with Crippen molar-refractivity contribution in [3.63, 3.8) is 0 Å². The molecule has 2 N–H and O–H groups in total. The number of sulfonamides is 1. The van der Waals surface area contributed by atoms with Crippen molar-refractivity contribution in [2.75, 3.05) is 44.4 Å². The van der Waals surface area contributed by atoms with Gasteiger partial charge in [0.15, 0.2) is 21.3 Å². The largest absolute Gasteiger partial charge is 0.490 e. The SMILES string of the molecule is O=C(CCNS(=O)(=O)c1ccc2c(c1)OCCCO2)NC1CS(=O)(=O)CC1N1CCCC1. The fraction of sp³-hybridized carbons (Fsp3) is 0.650. The molecule has 0 saturated carbocycles. The number of likely N-dealkylation sites (tertiary alicyclic amines) is 1. The van der Waals surface area contributed by atoms with Gasteiger partial charge >= 0.3 is 0 Å². The molecule has 178 valence electrons. The van der Waals surface area contributed by atoms with E-state index in [9.17, 15) is 21.6 Å². The normalized spacial score (nSPS) is 25.4. The fourth-order valence-electron chi connectivity index (χ4n) is 4.37. The van der Waals surface area contributed by atoms with Gasteiger partial charge in [0.1, 0.15) is 0 Å². The van der Waals surface area contributed by atoms with Gasteiger partial charge in [-0.05, 0) is 38.1 Å². The first-order chi connectivity index (χ1) is 15.2. The number of sulfone groups is 1. The van der Waals surface area contributed by atoms with Gasteiger partial charge in [-0.25, -0.2) is 21.6 Å². The molecule has 32 heavy (non-hydrogen) atoms. The molecule has 1 aromatic rings. The van der Waals surface area contributed by atoms with Gasteiger partial charge in [-0.2, -0.15) is 0 Å². The van der Waals surface area contributed by atoms with Gasteiger partial charge in [0.05, 0.1) is 35.7 Å². The van der Waals surface area contributed by atoms with Crippen LogP contribution in [-0.2, 0) is 24.7 Å². The number of amides is 1. The van der Waals surface area contributed by atoms with E-state index in [-0.39, 0.29) is 41.3 Å². The smallest absolute Gasteiger partial charge is 0.240 e. The van der Waals surface area contributed by atoms with E-state index in [0.29, 0.717) is 31.1 Å². The predicted molar refractivity (Wildman–Crippen MR) is 117 cm³/mol. The minimum absolute atomic E-state index is 0.0261. The average molecular weight is 488 g/mol. The standard InChI is InChI=1S/C20H29N3O7S2/c24-20(22-16-13-31(25,26)14-17(16)23-8-1-2-9-23)6-7-21-32(27,28)15-4-5-18-19(12-15)30-11-3-10-29-18/h4-5,12,16-17,21H,1-3,6-11,13-14H2,(H,22,24). The van der Waals surface area contributed by atoms with Crippen LogP contribution in [0, 0.1) is 0 Å². The van der Waals surface area contributed by atoms with Crippen LogP contribution in [0.4, 0.5) is 0 Å². The maximum atomic E-state index is 12.6. The van der Waals surface area contributed by atoms with Crippen LogP contribution >= 0.6 is 0 Å². The molecule has 1 amide bonds. The van der Waals surface area contributed by atoms with Crippen LogP contribution in [0.25, 0.3) is 0 Å². The lowest BCUT2D eigenvalue weighted by Crippen LogP contribution is -2.50. The third-order valence-electron chi connectivity index (χ3n) is 5.95. The van der Waals surface area contributed by atoms with Crippen molar-refractivity contribution < 1.29 is 31.1 Å². The maximum absolute atomic E-state index is 12.6. The van der Waals surface area contributed by atoms with Crippen LogP contribution in [0.15, 0.2) is 23.1 Å². The Kier molecular flexibility index (Phi) is 6.94. The van der Waals surface area contributed by atoms with Gasteiger partial charge in [-0.1, -0.05) is 0 Å². The van der Waals surface area contributed by atoms with Crippen molar-refractivity contribution in [1.29, 1.82) is 0 Å². The van der Waals surface area contributed by atoms with Crippen LogP contribution in [0.5, 0.6) is 11.5 Å². The highest BCUT2D eigenvalue weighted by Crippen LogP contribution is 2.31. The Labute approximate surface area is 188 Å². The average Bonchev–Trinajstić information content (AvgIpc) is 3.28. The number of hydrogen-bond acceptors (Lipinski definition) is 8. The topological polar surface area (TPSA) is 131 Å². The lowest BCUT2D eigenvalue weighted by atomic mass is 10.1. The Balaban J connectivity index is 1.31. The molecule has 0 spiro atoms. The van der Waals surface area contributed by atoms with Crippen molar-refractivity contribution in [1.82, 2.24) is 14.9 Å². The van der Waals surface area contributed by atoms with Gasteiger partial charge in [0.2, 0.25) is 15.9 Å². The highest BCUT2D eigenvalue weighted by Gasteiger charge is 2.42. The van der Waals surface area contributed by atoms with Gasteiger partial charge in [-0.3, -0.25) is 9.69 Å². The zero-order chi connectivity index (χ0) is 22.8. The summed E-state index contributed by atoms with van der Waals surface area (Å²) >= 11 is 0. The Hall–Kier alpha value is -1.89. The molecule has 10 nitrogen and oxygen atoms in total. The molecule has 0 radical (unpaired) electrons. The number of hydrogen-bond donors (Lipinski definition) is 2. The first-order valence-electron chi connectivity index (χ1n) is 10.9. The number of ether oxygens (including phenoxy) is 2. The maximum Gasteiger partial charge on any atom is 0.240 e. The van der Waals surface area contributed by atoms with Crippen LogP contribution in [0.3, 0.4) is 0 Å². The number of nitrogens with zero attached hydrogens (tertiary/aromatic N) is 1. The summed E-state index contributed by atoms with van der Waals surface area (Å²) in [7, 11) is -7.05. The number of carbonyl (C=O) groups excluding carboxylic acids is 1. The third-order valence-corrected chi connectivity index (χ3v) is 9.13. The lowest BCUT2D eigenvalue weighted by molar-refractivity contribution is -0.121. The second-order valence-electron chi connectivity index (χ2n) is 8.37. The molecule has 0 bridgehead atoms. The molecule has 0 aromatic heterocycles. The summed E-state index contributed by atoms with van der Waals surface area (Å²) in [6.45, 7) is 2.52. The number of fused-ring (bicyclic) bond motifs is 1. The second kappa shape index (κ2) is 9.54. The van der Waals surface area contributed by atoms with E-state index in [2.05, 4.69) is 14.9 Å². The molecule has 1 aromatic carbocycles. The second-order valence-corrected chi connectivity index (χ2v) is 12.3. The summed E-state index contributed by atoms with van der Waals surface area (Å²) < 4.78 is 63.0. The van der Waals surface area contributed by atoms with Crippen LogP contribution in [0.2, 0.25) is 0 Å². The minimum atomic E-state index is -3.84. The highest BCUT2D eigenvalue weighted by molar-refractivity contribution is 7.91. The third kappa shape index (κ3) is 5.53. The van der Waals surface area contributed by atoms with Gasteiger partial charge in [0.25, 0.3) is 0 Å². The zero-order valence-corrected chi connectivity index (χ0v) is 19.4. The van der Waals surface area contributed by atoms with Crippen LogP contribution in [-0.4, -0.2) is 84.1 Å². The van der Waals surface area contributed by atoms with Crippen molar-refractivity contribution in [3.8, 4) is 11.5 Å². The lowest BCUT2D eigenvalue weighted by Gasteiger charge is -2.28. The zero-order valence-electron chi connectivity index (χ0n) is 17.8. The number of nitrogens with one attached hydrogen (secondary N) is 2. The van der Waals surface area contributed by atoms with Gasteiger partial charge in [0, 0.05) is 31.5 Å². The van der Waals surface area contributed by atoms with Crippen molar-refractivity contribution in [2.24, 2.45) is 0 Å². The molecule has 0 aliphatic carbocycles. The van der Waals surface area contributed by atoms with E-state index in [1.54, 1.807) is 6.07 Å². The van der Waals surface area contributed by atoms with Crippen molar-refractivity contribution in [3.05, 3.63) is 18.2 Å². The molecule has 4 rings (SSSR count). The molecule has 2 atom stereocenters. The molecule has 2 saturated heterocycles. The Morgan fingerprint density at radius 3 is 2.53 bits per heavy atom. The summed E-state index contributed by atoms with van der Waals surface area (Å²) in [5.41, 5.74) is 0. The van der Waals surface area contributed by atoms with E-state index in [1.807, 2.05) is 0 Å². The van der Waals surface area contributed by atoms with E-state index in [0.717, 1.165) is 25.9 Å². The first kappa shape index (κ1) is 23.3. The summed E-state index contributed by atoms with van der Waals surface area (Å²) in [4.78, 5) is 14.6. The number of benzene rings is 1. The van der Waals surface area contributed by atoms with Gasteiger partial charge < -0.3 is 14.8 Å². The molecule has 3 aliphatic rings. The van der Waals surface area contributed by atoms with Crippen LogP contribution in [0.1, 0.15) is 25.7 Å². The first-order valence-corrected chi connectivity index (χ1v) is 14.2. The minimum Gasteiger partial charge on any atom is -0.490 e. The molecule has 3 aliphatic heterocycles. The number of carbonyl (C=O) groups is 1. The van der Waals surface area contributed by atoms with Gasteiger partial charge in [-0.15, -0.1) is 0 Å². The predicted octanol–water partition coefficient (Wildman–Crippen LogP) is -0.106. The summed E-state index contributed by atoms with van der Waals surface area (Å²) in [6.07, 6.45) is 2.68. The van der Waals surface area contributed by atoms with Crippen molar-refractivity contribution >= 4 is 25.8 Å². The highest BCUT2D eigenvalue weighted by atomic mass is 32.2. The molecule has 3 heterocycles. The Morgan fingerprint density at radius 1 is 1.06 bits per heavy atom. The number of rotatable bonds is 7. The molecular formula is C20H29N3O7S2. The van der Waals surface area contributed by atoms with E-state index >= 15 is 0 Å². The summed E-state index contributed by atoms with van der Waals surface area (Å²) in [6, 6.07) is 3.71. The van der Waals surface area contributed by atoms with E-state index in [4.69, 9.17) is 9.47 Å². The Bertz CT molecular complexity index is 1050. The summed E-state index contributed by atoms with van der Waals surface area (Å²) in [5, 5.41) is 2.80. The molecule has 2 unspecified atom stereocenters. The summed E-state index contributed by atoms with van der Waals surface area (Å²) in [5.74, 6) is 0.466. The Morgan fingerprint density at radius 2 is 1.78 bits per heavy atom. The van der Waals surface area contributed by atoms with E-state index in [1.165, 1.54) is 12.1 Å². The fourth-order valence-corrected chi connectivity index (χ4v) is 7.37. The van der Waals surface area contributed by atoms with E-state index < -0.39 is 25.9 Å².